The number of hydrogen-bond acceptors (Lipinski definition) is 4. The van der Waals surface area contributed by atoms with E-state index in [1.165, 1.54) is 12.1 Å². The maximum Gasteiger partial charge on any atom is 0.258 e. The molecular formula is C11H14N2O4. The number of carbonyl (C=O) groups is 2. The molecule has 6 heteroatoms. The number of amides is 2. The van der Waals surface area contributed by atoms with E-state index < -0.39 is 5.91 Å². The van der Waals surface area contributed by atoms with Gasteiger partial charge < -0.3 is 20.9 Å². The highest BCUT2D eigenvalue weighted by Gasteiger charge is 2.03. The summed E-state index contributed by atoms with van der Waals surface area (Å²) in [5.74, 6) is -0.371. The Bertz CT molecular complexity index is 389. The number of primary amides is 1. The second-order valence-corrected chi connectivity index (χ2v) is 3.25. The average Bonchev–Trinajstić information content (AvgIpc) is 2.34. The molecular weight excluding hydrogens is 224 g/mol. The average molecular weight is 238 g/mol. The summed E-state index contributed by atoms with van der Waals surface area (Å²) in [4.78, 5) is 21.9. The second-order valence-electron chi connectivity index (χ2n) is 3.25. The molecule has 0 saturated carbocycles. The van der Waals surface area contributed by atoms with E-state index in [0.29, 0.717) is 11.3 Å². The number of hydrogen-bond donors (Lipinski definition) is 3. The summed E-state index contributed by atoms with van der Waals surface area (Å²) in [6.45, 7) is -0.0578. The molecule has 0 radical (unpaired) electrons. The van der Waals surface area contributed by atoms with Gasteiger partial charge in [-0.3, -0.25) is 9.59 Å². The highest BCUT2D eigenvalue weighted by molar-refractivity contribution is 5.92. The van der Waals surface area contributed by atoms with Gasteiger partial charge in [0.15, 0.2) is 6.61 Å². The van der Waals surface area contributed by atoms with Crippen molar-refractivity contribution in [2.45, 2.75) is 0 Å². The lowest BCUT2D eigenvalue weighted by atomic mass is 10.2. The van der Waals surface area contributed by atoms with E-state index >= 15 is 0 Å². The Kier molecular flexibility index (Phi) is 4.96. The SMILES string of the molecule is NC(=O)c1ccc(OCC(=O)NCCO)cc1. The zero-order chi connectivity index (χ0) is 12.7. The van der Waals surface area contributed by atoms with Crippen LogP contribution in [0.25, 0.3) is 0 Å². The molecule has 0 aromatic heterocycles. The largest absolute Gasteiger partial charge is 0.484 e. The van der Waals surface area contributed by atoms with Gasteiger partial charge >= 0.3 is 0 Å². The van der Waals surface area contributed by atoms with Crippen LogP contribution in [0.3, 0.4) is 0 Å². The first kappa shape index (κ1) is 13.0. The maximum absolute atomic E-state index is 11.1. The lowest BCUT2D eigenvalue weighted by molar-refractivity contribution is -0.123. The van der Waals surface area contributed by atoms with Crippen molar-refractivity contribution in [2.75, 3.05) is 19.8 Å². The lowest BCUT2D eigenvalue weighted by Crippen LogP contribution is -2.31. The molecule has 4 N–H and O–H groups in total. The summed E-state index contributed by atoms with van der Waals surface area (Å²) < 4.78 is 5.15. The summed E-state index contributed by atoms with van der Waals surface area (Å²) in [6.07, 6.45) is 0. The van der Waals surface area contributed by atoms with Crippen LogP contribution in [0.2, 0.25) is 0 Å². The number of ether oxygens (including phenoxy) is 1. The van der Waals surface area contributed by atoms with Crippen LogP contribution in [0.5, 0.6) is 5.75 Å². The fraction of sp³-hybridized carbons (Fsp3) is 0.273. The van der Waals surface area contributed by atoms with E-state index in [1.54, 1.807) is 12.1 Å². The number of aliphatic hydroxyl groups excluding tert-OH is 1. The Morgan fingerprint density at radius 2 is 1.94 bits per heavy atom. The van der Waals surface area contributed by atoms with Crippen LogP contribution in [0.1, 0.15) is 10.4 Å². The minimum Gasteiger partial charge on any atom is -0.484 e. The number of nitrogens with one attached hydrogen (secondary N) is 1. The van der Waals surface area contributed by atoms with Gasteiger partial charge in [-0.05, 0) is 24.3 Å². The Morgan fingerprint density at radius 3 is 2.47 bits per heavy atom. The number of rotatable bonds is 6. The van der Waals surface area contributed by atoms with Crippen molar-refractivity contribution < 1.29 is 19.4 Å². The molecule has 0 aliphatic rings. The zero-order valence-corrected chi connectivity index (χ0v) is 9.18. The van der Waals surface area contributed by atoms with Crippen molar-refractivity contribution in [3.8, 4) is 5.75 Å². The minimum absolute atomic E-state index is 0.112. The van der Waals surface area contributed by atoms with Crippen molar-refractivity contribution in [1.82, 2.24) is 5.32 Å². The maximum atomic E-state index is 11.1. The summed E-state index contributed by atoms with van der Waals surface area (Å²) in [5.41, 5.74) is 5.45. The fourth-order valence-corrected chi connectivity index (χ4v) is 1.11. The van der Waals surface area contributed by atoms with Gasteiger partial charge in [0, 0.05) is 12.1 Å². The predicted molar refractivity (Wildman–Crippen MR) is 60.6 cm³/mol. The Labute approximate surface area is 98.4 Å². The Hall–Kier alpha value is -2.08. The van der Waals surface area contributed by atoms with E-state index in [0.717, 1.165) is 0 Å². The molecule has 17 heavy (non-hydrogen) atoms. The van der Waals surface area contributed by atoms with Gasteiger partial charge in [0.2, 0.25) is 5.91 Å². The first-order valence-corrected chi connectivity index (χ1v) is 5.03. The normalized spacial score (nSPS) is 9.71. The fourth-order valence-electron chi connectivity index (χ4n) is 1.11. The van der Waals surface area contributed by atoms with Crippen LogP contribution in [0.15, 0.2) is 24.3 Å². The smallest absolute Gasteiger partial charge is 0.258 e. The van der Waals surface area contributed by atoms with Crippen LogP contribution in [-0.4, -0.2) is 36.7 Å². The molecule has 1 aromatic rings. The number of aliphatic hydroxyl groups is 1. The van der Waals surface area contributed by atoms with E-state index in [2.05, 4.69) is 5.32 Å². The molecule has 1 rings (SSSR count). The second kappa shape index (κ2) is 6.49. The third-order valence-electron chi connectivity index (χ3n) is 1.94. The van der Waals surface area contributed by atoms with Gasteiger partial charge in [0.05, 0.1) is 6.61 Å². The highest BCUT2D eigenvalue weighted by Crippen LogP contribution is 2.11. The molecule has 0 unspecified atom stereocenters. The molecule has 0 aliphatic carbocycles. The topological polar surface area (TPSA) is 102 Å². The van der Waals surface area contributed by atoms with Crippen LogP contribution >= 0.6 is 0 Å². The molecule has 6 nitrogen and oxygen atoms in total. The van der Waals surface area contributed by atoms with Gasteiger partial charge in [0.25, 0.3) is 5.91 Å². The van der Waals surface area contributed by atoms with Crippen LogP contribution in [0.4, 0.5) is 0 Å². The van der Waals surface area contributed by atoms with Gasteiger partial charge in [0.1, 0.15) is 5.75 Å². The van der Waals surface area contributed by atoms with Gasteiger partial charge in [-0.15, -0.1) is 0 Å². The molecule has 92 valence electrons. The lowest BCUT2D eigenvalue weighted by Gasteiger charge is -2.06. The molecule has 0 atom stereocenters. The molecule has 0 bridgehead atoms. The molecule has 0 saturated heterocycles. The summed E-state index contributed by atoms with van der Waals surface area (Å²) in [6, 6.07) is 6.14. The van der Waals surface area contributed by atoms with Crippen LogP contribution in [0, 0.1) is 0 Å². The Balaban J connectivity index is 2.42. The number of benzene rings is 1. The van der Waals surface area contributed by atoms with Crippen molar-refractivity contribution in [2.24, 2.45) is 5.73 Å². The van der Waals surface area contributed by atoms with Crippen LogP contribution in [-0.2, 0) is 4.79 Å². The minimum atomic E-state index is -0.516. The predicted octanol–water partition coefficient (Wildman–Crippen LogP) is -0.727. The monoisotopic (exact) mass is 238 g/mol. The number of nitrogens with two attached hydrogens (primary N) is 1. The van der Waals surface area contributed by atoms with Gasteiger partial charge in [-0.25, -0.2) is 0 Å². The van der Waals surface area contributed by atoms with Gasteiger partial charge in [-0.2, -0.15) is 0 Å². The van der Waals surface area contributed by atoms with Crippen LogP contribution < -0.4 is 15.8 Å². The van der Waals surface area contributed by atoms with Crippen molar-refractivity contribution in [3.63, 3.8) is 0 Å². The zero-order valence-electron chi connectivity index (χ0n) is 9.18. The third-order valence-corrected chi connectivity index (χ3v) is 1.94. The molecule has 0 fully saturated rings. The first-order chi connectivity index (χ1) is 8.13. The van der Waals surface area contributed by atoms with E-state index in [9.17, 15) is 9.59 Å². The van der Waals surface area contributed by atoms with Crippen molar-refractivity contribution in [1.29, 1.82) is 0 Å². The van der Waals surface area contributed by atoms with Crippen molar-refractivity contribution >= 4 is 11.8 Å². The molecule has 0 aliphatic heterocycles. The standard InChI is InChI=1S/C11H14N2O4/c12-11(16)8-1-3-9(4-2-8)17-7-10(15)13-5-6-14/h1-4,14H,5-7H2,(H2,12,16)(H,13,15). The first-order valence-electron chi connectivity index (χ1n) is 5.03. The highest BCUT2D eigenvalue weighted by atomic mass is 16.5. The summed E-state index contributed by atoms with van der Waals surface area (Å²) in [7, 11) is 0. The summed E-state index contributed by atoms with van der Waals surface area (Å²) >= 11 is 0. The quantitative estimate of drug-likeness (QED) is 0.608. The molecule has 1 aromatic carbocycles. The van der Waals surface area contributed by atoms with E-state index in [4.69, 9.17) is 15.6 Å². The summed E-state index contributed by atoms with van der Waals surface area (Å²) in [5, 5.41) is 10.9. The van der Waals surface area contributed by atoms with E-state index in [1.807, 2.05) is 0 Å². The third kappa shape index (κ3) is 4.52. The Morgan fingerprint density at radius 1 is 1.29 bits per heavy atom. The molecule has 0 heterocycles. The number of carbonyl (C=O) groups excluding carboxylic acids is 2. The van der Waals surface area contributed by atoms with Crippen molar-refractivity contribution in [3.05, 3.63) is 29.8 Å². The van der Waals surface area contributed by atoms with E-state index in [-0.39, 0.29) is 25.7 Å². The molecule has 0 spiro atoms. The molecule has 2 amide bonds. The van der Waals surface area contributed by atoms with Gasteiger partial charge in [-0.1, -0.05) is 0 Å².